The Kier molecular flexibility index (Phi) is 4.19. The molecule has 2 rings (SSSR count). The van der Waals surface area contributed by atoms with Crippen LogP contribution in [0.2, 0.25) is 0 Å². The van der Waals surface area contributed by atoms with Crippen molar-refractivity contribution < 1.29 is 19.1 Å². The Morgan fingerprint density at radius 2 is 2.00 bits per heavy atom. The summed E-state index contributed by atoms with van der Waals surface area (Å²) < 4.78 is 5.00. The molecule has 0 radical (unpaired) electrons. The predicted octanol–water partition coefficient (Wildman–Crippen LogP) is 0.0231. The number of carbonyl (C=O) groups excluding carboxylic acids is 3. The second kappa shape index (κ2) is 6.05. The topological polar surface area (TPSA) is 96.5 Å². The lowest BCUT2D eigenvalue weighted by Gasteiger charge is -2.09. The van der Waals surface area contributed by atoms with Gasteiger partial charge >= 0.3 is 6.03 Å². The van der Waals surface area contributed by atoms with Crippen LogP contribution in [0.15, 0.2) is 24.3 Å². The van der Waals surface area contributed by atoms with Crippen LogP contribution in [0.25, 0.3) is 0 Å². The van der Waals surface area contributed by atoms with E-state index in [2.05, 4.69) is 16.0 Å². The van der Waals surface area contributed by atoms with Gasteiger partial charge in [0.2, 0.25) is 0 Å². The smallest absolute Gasteiger partial charge is 0.322 e. The molecule has 1 aliphatic rings. The first-order valence-electron chi connectivity index (χ1n) is 6.14. The molecule has 1 fully saturated rings. The number of hydrogen-bond acceptors (Lipinski definition) is 4. The first-order chi connectivity index (χ1) is 9.60. The van der Waals surface area contributed by atoms with Crippen molar-refractivity contribution in [3.8, 4) is 5.75 Å². The van der Waals surface area contributed by atoms with E-state index in [4.69, 9.17) is 4.74 Å². The second-order valence-corrected chi connectivity index (χ2v) is 4.29. The largest absolute Gasteiger partial charge is 0.497 e. The summed E-state index contributed by atoms with van der Waals surface area (Å²) in [5.41, 5.74) is 0.505. The summed E-state index contributed by atoms with van der Waals surface area (Å²) in [7, 11) is 1.55. The van der Waals surface area contributed by atoms with Gasteiger partial charge in [-0.2, -0.15) is 0 Å². The fraction of sp³-hybridized carbons (Fsp3) is 0.308. The Labute approximate surface area is 115 Å². The highest BCUT2D eigenvalue weighted by atomic mass is 16.5. The van der Waals surface area contributed by atoms with E-state index in [1.807, 2.05) is 0 Å². The van der Waals surface area contributed by atoms with Crippen molar-refractivity contribution in [3.05, 3.63) is 29.8 Å². The molecular formula is C13H15N3O4. The average molecular weight is 277 g/mol. The van der Waals surface area contributed by atoms with Gasteiger partial charge in [0.25, 0.3) is 11.8 Å². The van der Waals surface area contributed by atoms with Crippen molar-refractivity contribution in [2.24, 2.45) is 0 Å². The molecule has 4 amide bonds. The van der Waals surface area contributed by atoms with E-state index in [0.29, 0.717) is 24.3 Å². The quantitative estimate of drug-likeness (QED) is 0.661. The fourth-order valence-corrected chi connectivity index (χ4v) is 1.84. The number of imide groups is 1. The van der Waals surface area contributed by atoms with Crippen LogP contribution in [-0.4, -0.2) is 37.5 Å². The van der Waals surface area contributed by atoms with Gasteiger partial charge < -0.3 is 15.4 Å². The van der Waals surface area contributed by atoms with Gasteiger partial charge in [-0.15, -0.1) is 0 Å². The lowest BCUT2D eigenvalue weighted by atomic mass is 10.2. The minimum Gasteiger partial charge on any atom is -0.497 e. The van der Waals surface area contributed by atoms with Gasteiger partial charge in [-0.25, -0.2) is 4.79 Å². The molecule has 0 saturated carbocycles. The molecular weight excluding hydrogens is 262 g/mol. The average Bonchev–Trinajstić information content (AvgIpc) is 2.77. The molecule has 7 nitrogen and oxygen atoms in total. The van der Waals surface area contributed by atoms with Crippen LogP contribution in [-0.2, 0) is 4.79 Å². The van der Waals surface area contributed by atoms with Gasteiger partial charge in [0.05, 0.1) is 7.11 Å². The number of carbonyl (C=O) groups is 3. The Bertz CT molecular complexity index is 527. The standard InChI is InChI=1S/C13H15N3O4/c1-20-9-4-2-8(3-5-9)11(17)14-7-6-10-12(18)16-13(19)15-10/h2-5,10H,6-7H2,1H3,(H,14,17)(H2,15,16,18,19). The van der Waals surface area contributed by atoms with Crippen LogP contribution in [0.4, 0.5) is 4.79 Å². The molecule has 1 atom stereocenters. The number of ether oxygens (including phenoxy) is 1. The van der Waals surface area contributed by atoms with Crippen molar-refractivity contribution >= 4 is 17.8 Å². The van der Waals surface area contributed by atoms with Gasteiger partial charge in [0.15, 0.2) is 0 Å². The number of hydrogen-bond donors (Lipinski definition) is 3. The summed E-state index contributed by atoms with van der Waals surface area (Å²) >= 11 is 0. The molecule has 0 spiro atoms. The normalized spacial score (nSPS) is 17.4. The highest BCUT2D eigenvalue weighted by Gasteiger charge is 2.28. The highest BCUT2D eigenvalue weighted by Crippen LogP contribution is 2.11. The molecule has 1 aromatic carbocycles. The molecule has 20 heavy (non-hydrogen) atoms. The Morgan fingerprint density at radius 1 is 1.30 bits per heavy atom. The molecule has 1 unspecified atom stereocenters. The summed E-state index contributed by atoms with van der Waals surface area (Å²) in [6.07, 6.45) is 0.347. The Balaban J connectivity index is 1.80. The molecule has 1 aliphatic heterocycles. The van der Waals surface area contributed by atoms with Crippen LogP contribution >= 0.6 is 0 Å². The molecule has 0 aromatic heterocycles. The van der Waals surface area contributed by atoms with E-state index in [1.165, 1.54) is 0 Å². The zero-order valence-corrected chi connectivity index (χ0v) is 10.9. The van der Waals surface area contributed by atoms with E-state index in [1.54, 1.807) is 31.4 Å². The zero-order chi connectivity index (χ0) is 14.5. The first-order valence-corrected chi connectivity index (χ1v) is 6.14. The molecule has 0 bridgehead atoms. The summed E-state index contributed by atoms with van der Waals surface area (Å²) in [5.74, 6) is 0.0676. The number of methoxy groups -OCH3 is 1. The minimum atomic E-state index is -0.585. The molecule has 3 N–H and O–H groups in total. The van der Waals surface area contributed by atoms with E-state index in [9.17, 15) is 14.4 Å². The maximum Gasteiger partial charge on any atom is 0.322 e. The third kappa shape index (κ3) is 3.25. The van der Waals surface area contributed by atoms with Gasteiger partial charge in [-0.1, -0.05) is 0 Å². The van der Waals surface area contributed by atoms with Gasteiger partial charge in [-0.05, 0) is 30.7 Å². The third-order valence-corrected chi connectivity index (χ3v) is 2.93. The molecule has 1 aromatic rings. The van der Waals surface area contributed by atoms with Crippen molar-refractivity contribution in [2.45, 2.75) is 12.5 Å². The number of urea groups is 1. The Hall–Kier alpha value is -2.57. The summed E-state index contributed by atoms with van der Waals surface area (Å²) in [6, 6.07) is 5.61. The first kappa shape index (κ1) is 13.9. The number of nitrogens with one attached hydrogen (secondary N) is 3. The second-order valence-electron chi connectivity index (χ2n) is 4.29. The van der Waals surface area contributed by atoms with Crippen LogP contribution in [0, 0.1) is 0 Å². The number of rotatable bonds is 5. The Morgan fingerprint density at radius 3 is 2.55 bits per heavy atom. The third-order valence-electron chi connectivity index (χ3n) is 2.93. The van der Waals surface area contributed by atoms with Crippen molar-refractivity contribution in [2.75, 3.05) is 13.7 Å². The zero-order valence-electron chi connectivity index (χ0n) is 10.9. The molecule has 1 heterocycles. The van der Waals surface area contributed by atoms with E-state index >= 15 is 0 Å². The summed E-state index contributed by atoms with van der Waals surface area (Å²) in [5, 5.41) is 7.29. The fourth-order valence-electron chi connectivity index (χ4n) is 1.84. The van der Waals surface area contributed by atoms with Crippen LogP contribution in [0.3, 0.4) is 0 Å². The van der Waals surface area contributed by atoms with E-state index < -0.39 is 12.1 Å². The van der Waals surface area contributed by atoms with Gasteiger partial charge in [-0.3, -0.25) is 14.9 Å². The number of benzene rings is 1. The van der Waals surface area contributed by atoms with Gasteiger partial charge in [0.1, 0.15) is 11.8 Å². The highest BCUT2D eigenvalue weighted by molar-refractivity contribution is 6.04. The SMILES string of the molecule is COc1ccc(C(=O)NCCC2NC(=O)NC2=O)cc1. The maximum absolute atomic E-state index is 11.8. The number of amides is 4. The van der Waals surface area contributed by atoms with Crippen molar-refractivity contribution in [1.82, 2.24) is 16.0 Å². The lowest BCUT2D eigenvalue weighted by Crippen LogP contribution is -2.34. The molecule has 1 saturated heterocycles. The van der Waals surface area contributed by atoms with Crippen molar-refractivity contribution in [3.63, 3.8) is 0 Å². The molecule has 106 valence electrons. The monoisotopic (exact) mass is 277 g/mol. The molecule has 0 aliphatic carbocycles. The van der Waals surface area contributed by atoms with Crippen LogP contribution in [0.5, 0.6) is 5.75 Å². The summed E-state index contributed by atoms with van der Waals surface area (Å²) in [4.78, 5) is 34.0. The van der Waals surface area contributed by atoms with Crippen LogP contribution in [0.1, 0.15) is 16.8 Å². The van der Waals surface area contributed by atoms with E-state index in [0.717, 1.165) is 0 Å². The minimum absolute atomic E-state index is 0.239. The molecule has 7 heteroatoms. The van der Waals surface area contributed by atoms with Gasteiger partial charge in [0, 0.05) is 12.1 Å². The predicted molar refractivity (Wildman–Crippen MR) is 70.4 cm³/mol. The van der Waals surface area contributed by atoms with Crippen molar-refractivity contribution in [1.29, 1.82) is 0 Å². The lowest BCUT2D eigenvalue weighted by molar-refractivity contribution is -0.120. The maximum atomic E-state index is 11.8. The van der Waals surface area contributed by atoms with E-state index in [-0.39, 0.29) is 11.8 Å². The summed E-state index contributed by atoms with van der Waals surface area (Å²) in [6.45, 7) is 0.295. The van der Waals surface area contributed by atoms with Crippen LogP contribution < -0.4 is 20.7 Å².